The van der Waals surface area contributed by atoms with E-state index in [1.807, 2.05) is 5.43 Å². The fourth-order valence-corrected chi connectivity index (χ4v) is 4.44. The molecule has 1 aromatic carbocycles. The zero-order chi connectivity index (χ0) is 17.3. The van der Waals surface area contributed by atoms with Gasteiger partial charge in [-0.05, 0) is 48.4 Å². The van der Waals surface area contributed by atoms with Gasteiger partial charge in [-0.2, -0.15) is 4.31 Å². The van der Waals surface area contributed by atoms with Crippen molar-refractivity contribution < 1.29 is 13.2 Å². The summed E-state index contributed by atoms with van der Waals surface area (Å²) < 4.78 is 26.9. The Morgan fingerprint density at radius 3 is 2.13 bits per heavy atom. The lowest BCUT2D eigenvalue weighted by Crippen LogP contribution is -2.41. The lowest BCUT2D eigenvalue weighted by Gasteiger charge is -2.38. The normalized spacial score (nSPS) is 17.9. The summed E-state index contributed by atoms with van der Waals surface area (Å²) in [5.74, 6) is 5.15. The molecule has 0 radical (unpaired) electrons. The van der Waals surface area contributed by atoms with Crippen LogP contribution in [0.1, 0.15) is 44.0 Å². The summed E-state index contributed by atoms with van der Waals surface area (Å²) in [7, 11) is -3.51. The number of nitrogens with zero attached hydrogens (tertiary/aromatic N) is 1. The van der Waals surface area contributed by atoms with Crippen LogP contribution in [0.3, 0.4) is 0 Å². The number of hydrazine groups is 1. The number of sulfonamides is 1. The SMILES string of the molecule is CC(C)(C)C1CCN(S(=O)(=O)c2ccc(C(=O)NN)cc2)CC1. The number of nitrogen functional groups attached to an aromatic ring is 1. The van der Waals surface area contributed by atoms with Crippen LogP contribution < -0.4 is 11.3 Å². The van der Waals surface area contributed by atoms with Crippen molar-refractivity contribution in [2.45, 2.75) is 38.5 Å². The average Bonchev–Trinajstić information content (AvgIpc) is 2.53. The number of piperidine rings is 1. The van der Waals surface area contributed by atoms with Gasteiger partial charge in [0.05, 0.1) is 4.90 Å². The molecule has 0 unspecified atom stereocenters. The molecule has 7 heteroatoms. The molecule has 1 aromatic rings. The Bertz CT molecular complexity index is 655. The maximum atomic E-state index is 12.7. The van der Waals surface area contributed by atoms with Crippen LogP contribution in [0.25, 0.3) is 0 Å². The Morgan fingerprint density at radius 1 is 1.17 bits per heavy atom. The quantitative estimate of drug-likeness (QED) is 0.498. The third kappa shape index (κ3) is 3.91. The molecular weight excluding hydrogens is 314 g/mol. The van der Waals surface area contributed by atoms with Gasteiger partial charge in [0, 0.05) is 18.7 Å². The van der Waals surface area contributed by atoms with Gasteiger partial charge in [0.1, 0.15) is 0 Å². The number of carbonyl (C=O) groups is 1. The molecule has 1 fully saturated rings. The highest BCUT2D eigenvalue weighted by atomic mass is 32.2. The van der Waals surface area contributed by atoms with E-state index >= 15 is 0 Å². The lowest BCUT2D eigenvalue weighted by molar-refractivity contribution is 0.0953. The minimum atomic E-state index is -3.51. The van der Waals surface area contributed by atoms with E-state index in [1.54, 1.807) is 0 Å². The van der Waals surface area contributed by atoms with E-state index in [0.29, 0.717) is 24.6 Å². The number of nitrogens with one attached hydrogen (secondary N) is 1. The number of hydrogen-bond acceptors (Lipinski definition) is 4. The molecule has 6 nitrogen and oxygen atoms in total. The molecule has 0 spiro atoms. The largest absolute Gasteiger partial charge is 0.290 e. The molecule has 23 heavy (non-hydrogen) atoms. The standard InChI is InChI=1S/C16H25N3O3S/c1-16(2,3)13-8-10-19(11-9-13)23(21,22)14-6-4-12(5-7-14)15(20)18-17/h4-7,13H,8-11,17H2,1-3H3,(H,18,20). The smallest absolute Gasteiger partial charge is 0.265 e. The third-order valence-corrected chi connectivity index (χ3v) is 6.48. The fourth-order valence-electron chi connectivity index (χ4n) is 2.97. The fraction of sp³-hybridized carbons (Fsp3) is 0.562. The monoisotopic (exact) mass is 339 g/mol. The highest BCUT2D eigenvalue weighted by Gasteiger charge is 2.33. The summed E-state index contributed by atoms with van der Waals surface area (Å²) in [6.07, 6.45) is 1.74. The molecule has 0 aliphatic carbocycles. The molecule has 0 aromatic heterocycles. The van der Waals surface area contributed by atoms with Gasteiger partial charge >= 0.3 is 0 Å². The predicted molar refractivity (Wildman–Crippen MR) is 89.0 cm³/mol. The van der Waals surface area contributed by atoms with Gasteiger partial charge in [0.2, 0.25) is 10.0 Å². The van der Waals surface area contributed by atoms with Gasteiger partial charge in [-0.1, -0.05) is 20.8 Å². The number of amides is 1. The molecule has 3 N–H and O–H groups in total. The van der Waals surface area contributed by atoms with Crippen LogP contribution in [0.2, 0.25) is 0 Å². The van der Waals surface area contributed by atoms with Gasteiger partial charge in [-0.15, -0.1) is 0 Å². The Morgan fingerprint density at radius 2 is 1.70 bits per heavy atom. The van der Waals surface area contributed by atoms with E-state index in [4.69, 9.17) is 5.84 Å². The molecular formula is C16H25N3O3S. The van der Waals surface area contributed by atoms with Crippen LogP contribution >= 0.6 is 0 Å². The second kappa shape index (κ2) is 6.59. The van der Waals surface area contributed by atoms with Crippen molar-refractivity contribution in [3.05, 3.63) is 29.8 Å². The first-order valence-corrected chi connectivity index (χ1v) is 9.21. The molecule has 1 heterocycles. The number of rotatable bonds is 3. The summed E-state index contributed by atoms with van der Waals surface area (Å²) in [5.41, 5.74) is 2.56. The van der Waals surface area contributed by atoms with Gasteiger partial charge in [0.15, 0.2) is 0 Å². The molecule has 128 valence electrons. The van der Waals surface area contributed by atoms with Crippen molar-refractivity contribution >= 4 is 15.9 Å². The number of hydrogen-bond donors (Lipinski definition) is 2. The molecule has 0 bridgehead atoms. The predicted octanol–water partition coefficient (Wildman–Crippen LogP) is 1.74. The van der Waals surface area contributed by atoms with Crippen molar-refractivity contribution in [1.82, 2.24) is 9.73 Å². The number of carbonyl (C=O) groups excluding carboxylic acids is 1. The van der Waals surface area contributed by atoms with E-state index in [2.05, 4.69) is 20.8 Å². The second-order valence-electron chi connectivity index (χ2n) is 7.04. The first-order chi connectivity index (χ1) is 10.7. The van der Waals surface area contributed by atoms with Gasteiger partial charge < -0.3 is 0 Å². The van der Waals surface area contributed by atoms with E-state index in [0.717, 1.165) is 12.8 Å². The summed E-state index contributed by atoms with van der Waals surface area (Å²) in [4.78, 5) is 11.6. The molecule has 1 amide bonds. The average molecular weight is 339 g/mol. The van der Waals surface area contributed by atoms with Crippen LogP contribution in [0, 0.1) is 11.3 Å². The van der Waals surface area contributed by atoms with Crippen molar-refractivity contribution in [3.8, 4) is 0 Å². The number of benzene rings is 1. The Kier molecular flexibility index (Phi) is 5.13. The number of nitrogens with two attached hydrogens (primary N) is 1. The summed E-state index contributed by atoms with van der Waals surface area (Å²) in [6.45, 7) is 7.67. The van der Waals surface area contributed by atoms with E-state index in [9.17, 15) is 13.2 Å². The van der Waals surface area contributed by atoms with Crippen molar-refractivity contribution in [1.29, 1.82) is 0 Å². The van der Waals surface area contributed by atoms with Crippen LogP contribution in [0.5, 0.6) is 0 Å². The lowest BCUT2D eigenvalue weighted by atomic mass is 9.76. The van der Waals surface area contributed by atoms with Crippen molar-refractivity contribution in [2.24, 2.45) is 17.2 Å². The molecule has 0 atom stereocenters. The molecule has 1 aliphatic rings. The Hall–Kier alpha value is -1.44. The highest BCUT2D eigenvalue weighted by Crippen LogP contribution is 2.35. The Balaban J connectivity index is 2.12. The molecule has 0 saturated carbocycles. The minimum Gasteiger partial charge on any atom is -0.290 e. The summed E-state index contributed by atoms with van der Waals surface area (Å²) in [5, 5.41) is 0. The zero-order valence-corrected chi connectivity index (χ0v) is 14.7. The maximum Gasteiger partial charge on any atom is 0.265 e. The van der Waals surface area contributed by atoms with Crippen molar-refractivity contribution in [3.63, 3.8) is 0 Å². The zero-order valence-electron chi connectivity index (χ0n) is 13.9. The highest BCUT2D eigenvalue weighted by molar-refractivity contribution is 7.89. The minimum absolute atomic E-state index is 0.201. The molecule has 2 rings (SSSR count). The van der Waals surface area contributed by atoms with Gasteiger partial charge in [-0.25, -0.2) is 14.3 Å². The summed E-state index contributed by atoms with van der Waals surface area (Å²) in [6, 6.07) is 5.85. The Labute approximate surface area is 138 Å². The van der Waals surface area contributed by atoms with E-state index in [1.165, 1.54) is 28.6 Å². The molecule has 1 aliphatic heterocycles. The van der Waals surface area contributed by atoms with E-state index in [-0.39, 0.29) is 10.3 Å². The topological polar surface area (TPSA) is 92.5 Å². The molecule has 1 saturated heterocycles. The third-order valence-electron chi connectivity index (χ3n) is 4.56. The van der Waals surface area contributed by atoms with Crippen molar-refractivity contribution in [2.75, 3.05) is 13.1 Å². The van der Waals surface area contributed by atoms with Crippen LogP contribution in [0.4, 0.5) is 0 Å². The van der Waals surface area contributed by atoms with Crippen LogP contribution in [-0.2, 0) is 10.0 Å². The van der Waals surface area contributed by atoms with Gasteiger partial charge in [-0.3, -0.25) is 10.2 Å². The van der Waals surface area contributed by atoms with Crippen LogP contribution in [0.15, 0.2) is 29.2 Å². The van der Waals surface area contributed by atoms with Crippen LogP contribution in [-0.4, -0.2) is 31.7 Å². The summed E-state index contributed by atoms with van der Waals surface area (Å²) >= 11 is 0. The second-order valence-corrected chi connectivity index (χ2v) is 8.98. The first-order valence-electron chi connectivity index (χ1n) is 7.77. The first kappa shape index (κ1) is 17.9. The van der Waals surface area contributed by atoms with Gasteiger partial charge in [0.25, 0.3) is 5.91 Å². The maximum absolute atomic E-state index is 12.7. The van der Waals surface area contributed by atoms with E-state index < -0.39 is 15.9 Å².